The van der Waals surface area contributed by atoms with Crippen molar-refractivity contribution in [3.05, 3.63) is 64.5 Å². The van der Waals surface area contributed by atoms with Gasteiger partial charge in [-0.2, -0.15) is 0 Å². The highest BCUT2D eigenvalue weighted by atomic mass is 35.5. The topological polar surface area (TPSA) is 51.2 Å². The largest absolute Gasteiger partial charge is 0.481 e. The lowest BCUT2D eigenvalue weighted by Gasteiger charge is -2.13. The molecule has 0 fully saturated rings. The van der Waals surface area contributed by atoms with Crippen molar-refractivity contribution in [1.82, 2.24) is 4.98 Å². The van der Waals surface area contributed by atoms with Crippen molar-refractivity contribution in [2.45, 2.75) is 13.0 Å². The predicted molar refractivity (Wildman–Crippen MR) is 97.6 cm³/mol. The third-order valence-corrected chi connectivity index (χ3v) is 4.46. The van der Waals surface area contributed by atoms with Gasteiger partial charge in [-0.15, -0.1) is 11.3 Å². The third kappa shape index (κ3) is 4.36. The molecule has 8 heteroatoms. The van der Waals surface area contributed by atoms with Crippen molar-refractivity contribution in [1.29, 1.82) is 0 Å². The standard InChI is InChI=1S/C18H13ClF2N2O2S/c1-10(25-13-5-3-12(19)4-6-13)17(24)23-18-22-16(9-26-18)11-2-7-14(20)15(21)8-11/h2-10H,1H3,(H,22,23,24)/t10-/m0/s1. The molecule has 0 radical (unpaired) electrons. The van der Waals surface area contributed by atoms with Gasteiger partial charge < -0.3 is 4.74 Å². The number of nitrogens with zero attached hydrogens (tertiary/aromatic N) is 1. The second-order valence-corrected chi connectivity index (χ2v) is 6.66. The predicted octanol–water partition coefficient (Wildman–Crippen LogP) is 5.15. The first-order chi connectivity index (χ1) is 12.4. The zero-order chi connectivity index (χ0) is 18.7. The Bertz CT molecular complexity index is 931. The Morgan fingerprint density at radius 1 is 1.19 bits per heavy atom. The second-order valence-electron chi connectivity index (χ2n) is 5.37. The van der Waals surface area contributed by atoms with E-state index in [1.54, 1.807) is 36.6 Å². The second kappa shape index (κ2) is 7.80. The Balaban J connectivity index is 1.65. The molecule has 0 bridgehead atoms. The molecule has 1 amide bonds. The minimum Gasteiger partial charge on any atom is -0.481 e. The van der Waals surface area contributed by atoms with Crippen LogP contribution in [0.4, 0.5) is 13.9 Å². The normalized spacial score (nSPS) is 11.8. The number of anilines is 1. The number of nitrogens with one attached hydrogen (secondary N) is 1. The van der Waals surface area contributed by atoms with Crippen molar-refractivity contribution in [2.24, 2.45) is 0 Å². The molecule has 0 aliphatic carbocycles. The van der Waals surface area contributed by atoms with Crippen LogP contribution in [-0.2, 0) is 4.79 Å². The number of thiazole rings is 1. The lowest BCUT2D eigenvalue weighted by molar-refractivity contribution is -0.122. The van der Waals surface area contributed by atoms with Crippen molar-refractivity contribution in [2.75, 3.05) is 5.32 Å². The van der Waals surface area contributed by atoms with Crippen LogP contribution in [0.2, 0.25) is 5.02 Å². The summed E-state index contributed by atoms with van der Waals surface area (Å²) in [4.78, 5) is 16.4. The van der Waals surface area contributed by atoms with E-state index in [9.17, 15) is 13.6 Å². The van der Waals surface area contributed by atoms with Crippen LogP contribution in [0.3, 0.4) is 0 Å². The van der Waals surface area contributed by atoms with Gasteiger partial charge in [0.2, 0.25) is 0 Å². The molecule has 0 unspecified atom stereocenters. The first kappa shape index (κ1) is 18.3. The molecule has 0 aliphatic rings. The molecule has 3 aromatic rings. The number of amides is 1. The number of halogens is 3. The van der Waals surface area contributed by atoms with Gasteiger partial charge in [-0.1, -0.05) is 11.6 Å². The highest BCUT2D eigenvalue weighted by Crippen LogP contribution is 2.26. The molecule has 0 saturated heterocycles. The van der Waals surface area contributed by atoms with Gasteiger partial charge in [-0.3, -0.25) is 10.1 Å². The number of carbonyl (C=O) groups excluding carboxylic acids is 1. The Kier molecular flexibility index (Phi) is 5.49. The van der Waals surface area contributed by atoms with Crippen LogP contribution < -0.4 is 10.1 Å². The van der Waals surface area contributed by atoms with E-state index in [1.165, 1.54) is 17.4 Å². The lowest BCUT2D eigenvalue weighted by atomic mass is 10.2. The van der Waals surface area contributed by atoms with Gasteiger partial charge in [0.05, 0.1) is 5.69 Å². The van der Waals surface area contributed by atoms with E-state index in [-0.39, 0.29) is 5.91 Å². The zero-order valence-corrected chi connectivity index (χ0v) is 15.1. The number of ether oxygens (including phenoxy) is 1. The molecule has 0 saturated carbocycles. The maximum atomic E-state index is 13.3. The first-order valence-electron chi connectivity index (χ1n) is 7.56. The van der Waals surface area contributed by atoms with Crippen LogP contribution in [0.5, 0.6) is 5.75 Å². The molecular formula is C18H13ClF2N2O2S. The van der Waals surface area contributed by atoms with Gasteiger partial charge in [-0.25, -0.2) is 13.8 Å². The maximum absolute atomic E-state index is 13.3. The van der Waals surface area contributed by atoms with Crippen LogP contribution in [-0.4, -0.2) is 17.0 Å². The van der Waals surface area contributed by atoms with Crippen molar-refractivity contribution in [3.63, 3.8) is 0 Å². The molecule has 0 aliphatic heterocycles. The Hall–Kier alpha value is -2.51. The van der Waals surface area contributed by atoms with E-state index in [1.807, 2.05) is 0 Å². The quantitative estimate of drug-likeness (QED) is 0.651. The summed E-state index contributed by atoms with van der Waals surface area (Å²) in [5.74, 6) is -1.75. The van der Waals surface area contributed by atoms with Crippen LogP contribution in [0.15, 0.2) is 47.8 Å². The minimum atomic E-state index is -0.953. The molecule has 4 nitrogen and oxygen atoms in total. The number of rotatable bonds is 5. The van der Waals surface area contributed by atoms with E-state index < -0.39 is 17.7 Å². The first-order valence-corrected chi connectivity index (χ1v) is 8.82. The summed E-state index contributed by atoms with van der Waals surface area (Å²) in [6.07, 6.45) is -0.758. The zero-order valence-electron chi connectivity index (χ0n) is 13.5. The average Bonchev–Trinajstić information content (AvgIpc) is 3.07. The summed E-state index contributed by atoms with van der Waals surface area (Å²) < 4.78 is 31.9. The molecule has 2 aromatic carbocycles. The molecule has 3 rings (SSSR count). The Morgan fingerprint density at radius 2 is 1.92 bits per heavy atom. The fourth-order valence-electron chi connectivity index (χ4n) is 2.10. The van der Waals surface area contributed by atoms with E-state index >= 15 is 0 Å². The number of carbonyl (C=O) groups is 1. The summed E-state index contributed by atoms with van der Waals surface area (Å²) in [5, 5.41) is 5.19. The van der Waals surface area contributed by atoms with Gasteiger partial charge in [0, 0.05) is 16.0 Å². The molecule has 134 valence electrons. The van der Waals surface area contributed by atoms with Gasteiger partial charge in [0.15, 0.2) is 22.9 Å². The molecular weight excluding hydrogens is 382 g/mol. The third-order valence-electron chi connectivity index (χ3n) is 3.45. The molecule has 1 aromatic heterocycles. The minimum absolute atomic E-state index is 0.335. The van der Waals surface area contributed by atoms with Crippen LogP contribution in [0, 0.1) is 11.6 Å². The monoisotopic (exact) mass is 394 g/mol. The van der Waals surface area contributed by atoms with Gasteiger partial charge in [0.25, 0.3) is 5.91 Å². The SMILES string of the molecule is C[C@H](Oc1ccc(Cl)cc1)C(=O)Nc1nc(-c2ccc(F)c(F)c2)cs1. The van der Waals surface area contributed by atoms with E-state index in [0.29, 0.717) is 27.2 Å². The lowest BCUT2D eigenvalue weighted by Crippen LogP contribution is -2.30. The van der Waals surface area contributed by atoms with Gasteiger partial charge in [0.1, 0.15) is 5.75 Å². The van der Waals surface area contributed by atoms with Crippen molar-refractivity contribution in [3.8, 4) is 17.0 Å². The number of hydrogen-bond donors (Lipinski definition) is 1. The maximum Gasteiger partial charge on any atom is 0.266 e. The number of benzene rings is 2. The Labute approximate surface area is 157 Å². The summed E-state index contributed by atoms with van der Waals surface area (Å²) in [7, 11) is 0. The number of hydrogen-bond acceptors (Lipinski definition) is 4. The molecule has 1 N–H and O–H groups in total. The number of aromatic nitrogens is 1. The van der Waals surface area contributed by atoms with E-state index in [4.69, 9.17) is 16.3 Å². The van der Waals surface area contributed by atoms with Crippen LogP contribution in [0.1, 0.15) is 6.92 Å². The molecule has 26 heavy (non-hydrogen) atoms. The highest BCUT2D eigenvalue weighted by Gasteiger charge is 2.17. The van der Waals surface area contributed by atoms with Crippen LogP contribution in [0.25, 0.3) is 11.3 Å². The van der Waals surface area contributed by atoms with Gasteiger partial charge in [-0.05, 0) is 49.4 Å². The van der Waals surface area contributed by atoms with E-state index in [2.05, 4.69) is 10.3 Å². The summed E-state index contributed by atoms with van der Waals surface area (Å²) in [5.41, 5.74) is 0.863. The smallest absolute Gasteiger partial charge is 0.266 e. The Morgan fingerprint density at radius 3 is 2.62 bits per heavy atom. The highest BCUT2D eigenvalue weighted by molar-refractivity contribution is 7.14. The summed E-state index contributed by atoms with van der Waals surface area (Å²) in [6, 6.07) is 10.2. The van der Waals surface area contributed by atoms with Crippen molar-refractivity contribution >= 4 is 34.0 Å². The fourth-order valence-corrected chi connectivity index (χ4v) is 2.95. The molecule has 1 atom stereocenters. The summed E-state index contributed by atoms with van der Waals surface area (Å²) >= 11 is 6.98. The fraction of sp³-hybridized carbons (Fsp3) is 0.111. The average molecular weight is 395 g/mol. The van der Waals surface area contributed by atoms with Crippen LogP contribution >= 0.6 is 22.9 Å². The summed E-state index contributed by atoms with van der Waals surface area (Å²) in [6.45, 7) is 1.60. The van der Waals surface area contributed by atoms with Gasteiger partial charge >= 0.3 is 0 Å². The molecule has 0 spiro atoms. The van der Waals surface area contributed by atoms with Crippen molar-refractivity contribution < 1.29 is 18.3 Å². The van der Waals surface area contributed by atoms with E-state index in [0.717, 1.165) is 12.1 Å². The molecule has 1 heterocycles.